The predicted octanol–water partition coefficient (Wildman–Crippen LogP) is 0.154. The minimum absolute atomic E-state index is 0.0546. The van der Waals surface area contributed by atoms with Crippen molar-refractivity contribution < 1.29 is 27.5 Å². The Morgan fingerprint density at radius 3 is 2.52 bits per heavy atom. The molecule has 10 heteroatoms. The Hall–Kier alpha value is -1.65. The molecule has 1 aromatic rings. The molecule has 0 aromatic heterocycles. The molecular formula is C11H13FN2O5S2. The number of primary sulfonamides is 1. The Morgan fingerprint density at radius 1 is 1.48 bits per heavy atom. The average molecular weight is 336 g/mol. The normalized spacial score (nSPS) is 12.7. The first-order valence-electron chi connectivity index (χ1n) is 5.56. The van der Waals surface area contributed by atoms with Crippen molar-refractivity contribution in [3.8, 4) is 0 Å². The van der Waals surface area contributed by atoms with Gasteiger partial charge in [-0.25, -0.2) is 22.7 Å². The molecule has 7 nitrogen and oxygen atoms in total. The van der Waals surface area contributed by atoms with Crippen LogP contribution in [0.5, 0.6) is 0 Å². The van der Waals surface area contributed by atoms with E-state index in [0.717, 1.165) is 23.9 Å². The van der Waals surface area contributed by atoms with Crippen molar-refractivity contribution in [2.24, 2.45) is 5.14 Å². The molecule has 0 bridgehead atoms. The van der Waals surface area contributed by atoms with Crippen LogP contribution in [0.15, 0.2) is 28.0 Å². The van der Waals surface area contributed by atoms with E-state index in [1.165, 1.54) is 13.0 Å². The topological polar surface area (TPSA) is 127 Å². The van der Waals surface area contributed by atoms with E-state index in [9.17, 15) is 22.4 Å². The van der Waals surface area contributed by atoms with Gasteiger partial charge >= 0.3 is 5.97 Å². The van der Waals surface area contributed by atoms with Crippen LogP contribution < -0.4 is 10.5 Å². The molecule has 0 aliphatic rings. The van der Waals surface area contributed by atoms with Crippen LogP contribution in [0.1, 0.15) is 6.92 Å². The zero-order valence-electron chi connectivity index (χ0n) is 10.9. The SMILES string of the molecule is CC(=O)N[C@@H](CSc1ccc(S(N)(=O)=O)cc1F)C(=O)O. The third-order valence-corrected chi connectivity index (χ3v) is 4.37. The van der Waals surface area contributed by atoms with Crippen LogP contribution >= 0.6 is 11.8 Å². The summed E-state index contributed by atoms with van der Waals surface area (Å²) in [6, 6.07) is 1.89. The van der Waals surface area contributed by atoms with Crippen molar-refractivity contribution >= 4 is 33.7 Å². The summed E-state index contributed by atoms with van der Waals surface area (Å²) in [6.07, 6.45) is 0. The van der Waals surface area contributed by atoms with E-state index in [2.05, 4.69) is 5.32 Å². The molecule has 1 aromatic carbocycles. The van der Waals surface area contributed by atoms with Gasteiger partial charge in [0.2, 0.25) is 15.9 Å². The molecule has 1 atom stereocenters. The minimum Gasteiger partial charge on any atom is -0.480 e. The first-order valence-corrected chi connectivity index (χ1v) is 8.09. The molecule has 21 heavy (non-hydrogen) atoms. The van der Waals surface area contributed by atoms with Crippen LogP contribution in [-0.2, 0) is 19.6 Å². The maximum atomic E-state index is 13.7. The average Bonchev–Trinajstić information content (AvgIpc) is 2.33. The number of carbonyl (C=O) groups is 2. The second kappa shape index (κ2) is 6.87. The third-order valence-electron chi connectivity index (χ3n) is 2.31. The zero-order chi connectivity index (χ0) is 16.2. The van der Waals surface area contributed by atoms with E-state index < -0.39 is 33.8 Å². The molecule has 0 heterocycles. The Labute approximate surface area is 124 Å². The van der Waals surface area contributed by atoms with Gasteiger partial charge in [0.15, 0.2) is 0 Å². The summed E-state index contributed by atoms with van der Waals surface area (Å²) in [7, 11) is -4.00. The second-order valence-corrected chi connectivity index (χ2v) is 6.66. The lowest BCUT2D eigenvalue weighted by molar-refractivity contribution is -0.140. The van der Waals surface area contributed by atoms with Gasteiger partial charge in [-0.2, -0.15) is 0 Å². The third kappa shape index (κ3) is 5.33. The molecule has 116 valence electrons. The molecule has 1 amide bonds. The minimum atomic E-state index is -4.00. The van der Waals surface area contributed by atoms with Crippen molar-refractivity contribution in [1.29, 1.82) is 0 Å². The van der Waals surface area contributed by atoms with Crippen molar-refractivity contribution in [2.45, 2.75) is 22.8 Å². The first-order chi connectivity index (χ1) is 9.61. The summed E-state index contributed by atoms with van der Waals surface area (Å²) < 4.78 is 35.8. The summed E-state index contributed by atoms with van der Waals surface area (Å²) in [5.74, 6) is -2.72. The number of rotatable bonds is 6. The number of carboxylic acid groups (broad SMARTS) is 1. The van der Waals surface area contributed by atoms with Crippen LogP contribution in [0.3, 0.4) is 0 Å². The highest BCUT2D eigenvalue weighted by atomic mass is 32.2. The highest BCUT2D eigenvalue weighted by Crippen LogP contribution is 2.24. The van der Waals surface area contributed by atoms with E-state index in [4.69, 9.17) is 10.2 Å². The lowest BCUT2D eigenvalue weighted by Gasteiger charge is -2.13. The summed E-state index contributed by atoms with van der Waals surface area (Å²) in [4.78, 5) is 21.4. The standard InChI is InChI=1S/C11H13FN2O5S2/c1-6(15)14-9(11(16)17)5-20-10-3-2-7(4-8(10)12)21(13,18)19/h2-4,9H,5H2,1H3,(H,14,15)(H,16,17)(H2,13,18,19)/t9-/m0/s1. The monoisotopic (exact) mass is 336 g/mol. The number of amides is 1. The molecule has 1 rings (SSSR count). The molecule has 0 saturated carbocycles. The Morgan fingerprint density at radius 2 is 2.10 bits per heavy atom. The number of benzene rings is 1. The number of nitrogens with one attached hydrogen (secondary N) is 1. The summed E-state index contributed by atoms with van der Waals surface area (Å²) >= 11 is 0.839. The number of hydrogen-bond donors (Lipinski definition) is 3. The molecule has 0 aliphatic heterocycles. The number of nitrogens with two attached hydrogens (primary N) is 1. The fourth-order valence-electron chi connectivity index (χ4n) is 1.37. The van der Waals surface area contributed by atoms with Gasteiger partial charge in [0.25, 0.3) is 0 Å². The van der Waals surface area contributed by atoms with Gasteiger partial charge in [0, 0.05) is 17.6 Å². The van der Waals surface area contributed by atoms with E-state index in [0.29, 0.717) is 0 Å². The van der Waals surface area contributed by atoms with Crippen molar-refractivity contribution in [1.82, 2.24) is 5.32 Å². The molecular weight excluding hydrogens is 323 g/mol. The van der Waals surface area contributed by atoms with Gasteiger partial charge in [-0.05, 0) is 18.2 Å². The summed E-state index contributed by atoms with van der Waals surface area (Å²) in [6.45, 7) is 1.17. The fourth-order valence-corrected chi connectivity index (χ4v) is 2.83. The Balaban J connectivity index is 2.84. The lowest BCUT2D eigenvalue weighted by atomic mass is 10.3. The number of halogens is 1. The van der Waals surface area contributed by atoms with E-state index in [-0.39, 0.29) is 15.5 Å². The summed E-state index contributed by atoms with van der Waals surface area (Å²) in [5.41, 5.74) is 0. The molecule has 0 saturated heterocycles. The number of hydrogen-bond acceptors (Lipinski definition) is 5. The zero-order valence-corrected chi connectivity index (χ0v) is 12.5. The predicted molar refractivity (Wildman–Crippen MR) is 73.7 cm³/mol. The molecule has 4 N–H and O–H groups in total. The maximum Gasteiger partial charge on any atom is 0.327 e. The van der Waals surface area contributed by atoms with Gasteiger partial charge in [-0.3, -0.25) is 4.79 Å². The molecule has 0 fully saturated rings. The smallest absolute Gasteiger partial charge is 0.327 e. The number of sulfonamides is 1. The van der Waals surface area contributed by atoms with Crippen LogP contribution in [0.4, 0.5) is 4.39 Å². The maximum absolute atomic E-state index is 13.7. The highest BCUT2D eigenvalue weighted by molar-refractivity contribution is 7.99. The molecule has 0 spiro atoms. The van der Waals surface area contributed by atoms with E-state index in [1.807, 2.05) is 0 Å². The molecule has 0 unspecified atom stereocenters. The Kier molecular flexibility index (Phi) is 5.70. The van der Waals surface area contributed by atoms with Crippen molar-refractivity contribution in [3.05, 3.63) is 24.0 Å². The van der Waals surface area contributed by atoms with Gasteiger partial charge in [0.05, 0.1) is 4.90 Å². The highest BCUT2D eigenvalue weighted by Gasteiger charge is 2.20. The van der Waals surface area contributed by atoms with Crippen molar-refractivity contribution in [3.63, 3.8) is 0 Å². The first kappa shape index (κ1) is 17.4. The van der Waals surface area contributed by atoms with Crippen LogP contribution in [0.2, 0.25) is 0 Å². The molecule has 0 aliphatic carbocycles. The number of aliphatic carboxylic acids is 1. The van der Waals surface area contributed by atoms with Crippen molar-refractivity contribution in [2.75, 3.05) is 5.75 Å². The fraction of sp³-hybridized carbons (Fsp3) is 0.273. The van der Waals surface area contributed by atoms with E-state index >= 15 is 0 Å². The summed E-state index contributed by atoms with van der Waals surface area (Å²) in [5, 5.41) is 16.0. The van der Waals surface area contributed by atoms with Gasteiger partial charge in [-0.15, -0.1) is 11.8 Å². The van der Waals surface area contributed by atoms with Gasteiger partial charge in [0.1, 0.15) is 11.9 Å². The van der Waals surface area contributed by atoms with Crippen LogP contribution in [0, 0.1) is 5.82 Å². The number of thioether (sulfide) groups is 1. The lowest BCUT2D eigenvalue weighted by Crippen LogP contribution is -2.41. The largest absolute Gasteiger partial charge is 0.480 e. The Bertz CT molecular complexity index is 663. The van der Waals surface area contributed by atoms with Gasteiger partial charge in [-0.1, -0.05) is 0 Å². The van der Waals surface area contributed by atoms with Crippen LogP contribution in [-0.4, -0.2) is 37.2 Å². The second-order valence-electron chi connectivity index (χ2n) is 4.04. The number of carboxylic acids is 1. The molecule has 0 radical (unpaired) electrons. The quantitative estimate of drug-likeness (QED) is 0.635. The van der Waals surface area contributed by atoms with Crippen LogP contribution in [0.25, 0.3) is 0 Å². The van der Waals surface area contributed by atoms with E-state index in [1.54, 1.807) is 0 Å². The van der Waals surface area contributed by atoms with Gasteiger partial charge < -0.3 is 10.4 Å². The number of carbonyl (C=O) groups excluding carboxylic acids is 1.